The quantitative estimate of drug-likeness (QED) is 0.252. The summed E-state index contributed by atoms with van der Waals surface area (Å²) in [4.78, 5) is 1.93. The zero-order valence-electron chi connectivity index (χ0n) is 7.46. The lowest BCUT2D eigenvalue weighted by molar-refractivity contribution is -0.471. The molecule has 0 saturated heterocycles. The number of hydrogen-bond acceptors (Lipinski definition) is 0. The van der Waals surface area contributed by atoms with Crippen LogP contribution >= 0.6 is 0 Å². The van der Waals surface area contributed by atoms with E-state index in [-0.39, 0.29) is 0 Å². The first kappa shape index (κ1) is 9.83. The maximum absolute atomic E-state index is 5.73. The number of guanidine groups is 1. The summed E-state index contributed by atoms with van der Waals surface area (Å²) >= 11 is 0. The Morgan fingerprint density at radius 1 is 1.64 bits per heavy atom. The lowest BCUT2D eigenvalue weighted by Crippen LogP contribution is -2.42. The van der Waals surface area contributed by atoms with Crippen molar-refractivity contribution in [2.45, 2.75) is 6.92 Å². The van der Waals surface area contributed by atoms with E-state index in [0.717, 1.165) is 6.54 Å². The van der Waals surface area contributed by atoms with Crippen molar-refractivity contribution >= 4 is 5.96 Å². The van der Waals surface area contributed by atoms with Crippen molar-refractivity contribution in [2.24, 2.45) is 5.73 Å². The highest BCUT2D eigenvalue weighted by atomic mass is 15.3. The van der Waals surface area contributed by atoms with Gasteiger partial charge in [-0.3, -0.25) is 15.2 Å². The largest absolute Gasteiger partial charge is 0.346 e. The lowest BCUT2D eigenvalue weighted by Gasteiger charge is -2.13. The minimum absolute atomic E-state index is 0.570. The van der Waals surface area contributed by atoms with Crippen LogP contribution in [0, 0.1) is 12.3 Å². The Morgan fingerprint density at radius 3 is 2.45 bits per heavy atom. The van der Waals surface area contributed by atoms with E-state index in [2.05, 4.69) is 5.92 Å². The molecule has 62 valence electrons. The Labute approximate surface area is 68.5 Å². The molecule has 3 nitrogen and oxygen atoms in total. The standard InChI is InChI=1S/C8H15N3/c1-5-7-11(6-2)8(9)10(3)4/h1,9H,6-7H2,2-4H3/p+1. The van der Waals surface area contributed by atoms with Crippen LogP contribution < -0.4 is 5.73 Å². The predicted molar refractivity (Wildman–Crippen MR) is 47.4 cm³/mol. The summed E-state index contributed by atoms with van der Waals surface area (Å²) in [6, 6.07) is 0. The molecule has 0 fully saturated rings. The van der Waals surface area contributed by atoms with E-state index in [0.29, 0.717) is 12.5 Å². The van der Waals surface area contributed by atoms with E-state index in [1.807, 2.05) is 30.5 Å². The summed E-state index contributed by atoms with van der Waals surface area (Å²) in [7, 11) is 3.79. The third-order valence-electron chi connectivity index (χ3n) is 1.45. The van der Waals surface area contributed by atoms with Crippen molar-refractivity contribution in [2.75, 3.05) is 27.2 Å². The van der Waals surface area contributed by atoms with Crippen molar-refractivity contribution in [1.29, 1.82) is 0 Å². The molecule has 0 bridgehead atoms. The van der Waals surface area contributed by atoms with Gasteiger partial charge in [-0.25, -0.2) is 0 Å². The summed E-state index contributed by atoms with van der Waals surface area (Å²) in [6.07, 6.45) is 5.16. The van der Waals surface area contributed by atoms with Gasteiger partial charge in [0.2, 0.25) is 0 Å². The van der Waals surface area contributed by atoms with Crippen LogP contribution in [0.25, 0.3) is 0 Å². The first-order valence-corrected chi connectivity index (χ1v) is 3.61. The molecule has 11 heavy (non-hydrogen) atoms. The Morgan fingerprint density at radius 2 is 2.18 bits per heavy atom. The van der Waals surface area contributed by atoms with Crippen LogP contribution in [0.5, 0.6) is 0 Å². The van der Waals surface area contributed by atoms with E-state index in [9.17, 15) is 0 Å². The maximum Gasteiger partial charge on any atom is 0.346 e. The molecule has 0 spiro atoms. The second-order valence-electron chi connectivity index (χ2n) is 2.47. The second-order valence-corrected chi connectivity index (χ2v) is 2.47. The highest BCUT2D eigenvalue weighted by Gasteiger charge is 2.10. The molecule has 0 aromatic carbocycles. The highest BCUT2D eigenvalue weighted by molar-refractivity contribution is 5.73. The first-order chi connectivity index (χ1) is 5.13. The lowest BCUT2D eigenvalue weighted by atomic mass is 10.5. The Balaban J connectivity index is 4.29. The van der Waals surface area contributed by atoms with E-state index in [4.69, 9.17) is 12.2 Å². The number of rotatable bonds is 2. The van der Waals surface area contributed by atoms with Gasteiger partial charge in [0.15, 0.2) is 0 Å². The number of terminal acetylenes is 1. The van der Waals surface area contributed by atoms with Crippen LogP contribution in [-0.4, -0.2) is 42.6 Å². The Kier molecular flexibility index (Phi) is 4.12. The Bertz CT molecular complexity index is 184. The van der Waals surface area contributed by atoms with Gasteiger partial charge in [0.1, 0.15) is 6.54 Å². The average molecular weight is 154 g/mol. The van der Waals surface area contributed by atoms with Gasteiger partial charge in [0.25, 0.3) is 0 Å². The minimum Gasteiger partial charge on any atom is -0.291 e. The first-order valence-electron chi connectivity index (χ1n) is 3.61. The molecule has 0 saturated carbocycles. The SMILES string of the molecule is C#CCN(CC)C(N)=[N+](C)C. The molecular formula is C8H16N3+. The van der Waals surface area contributed by atoms with Gasteiger partial charge in [-0.2, -0.15) is 0 Å². The third-order valence-corrected chi connectivity index (χ3v) is 1.45. The van der Waals surface area contributed by atoms with Gasteiger partial charge in [-0.1, -0.05) is 5.92 Å². The molecule has 0 aliphatic rings. The van der Waals surface area contributed by atoms with Gasteiger partial charge >= 0.3 is 5.96 Å². The fourth-order valence-corrected chi connectivity index (χ4v) is 0.748. The Hall–Kier alpha value is -1.17. The normalized spacial score (nSPS) is 8.55. The highest BCUT2D eigenvalue weighted by Crippen LogP contribution is 1.83. The zero-order valence-corrected chi connectivity index (χ0v) is 7.46. The summed E-state index contributed by atoms with van der Waals surface area (Å²) < 4.78 is 1.85. The molecule has 0 unspecified atom stereocenters. The van der Waals surface area contributed by atoms with Gasteiger partial charge in [0, 0.05) is 0 Å². The van der Waals surface area contributed by atoms with Crippen molar-refractivity contribution in [3.05, 3.63) is 0 Å². The van der Waals surface area contributed by atoms with Crippen LogP contribution in [0.2, 0.25) is 0 Å². The second kappa shape index (κ2) is 4.62. The molecule has 0 atom stereocenters. The van der Waals surface area contributed by atoms with Crippen molar-refractivity contribution < 1.29 is 4.58 Å². The van der Waals surface area contributed by atoms with Crippen LogP contribution in [-0.2, 0) is 0 Å². The van der Waals surface area contributed by atoms with Crippen LogP contribution in [0.3, 0.4) is 0 Å². The van der Waals surface area contributed by atoms with Gasteiger partial charge in [-0.05, 0) is 6.92 Å². The molecule has 2 N–H and O–H groups in total. The average Bonchev–Trinajstić information content (AvgIpc) is 1.98. The van der Waals surface area contributed by atoms with Crippen LogP contribution in [0.4, 0.5) is 0 Å². The summed E-state index contributed by atoms with van der Waals surface area (Å²) in [5, 5.41) is 0. The fourth-order valence-electron chi connectivity index (χ4n) is 0.748. The molecule has 0 aromatic rings. The monoisotopic (exact) mass is 154 g/mol. The van der Waals surface area contributed by atoms with Crippen molar-refractivity contribution in [3.63, 3.8) is 0 Å². The number of hydrogen-bond donors (Lipinski definition) is 1. The van der Waals surface area contributed by atoms with E-state index < -0.39 is 0 Å². The molecule has 0 heterocycles. The molecule has 0 aliphatic carbocycles. The molecule has 0 amide bonds. The van der Waals surface area contributed by atoms with Crippen LogP contribution in [0.1, 0.15) is 6.92 Å². The molecule has 0 aliphatic heterocycles. The van der Waals surface area contributed by atoms with Gasteiger partial charge in [-0.15, -0.1) is 6.42 Å². The third kappa shape index (κ3) is 2.94. The molecular weight excluding hydrogens is 138 g/mol. The molecule has 0 aromatic heterocycles. The zero-order chi connectivity index (χ0) is 8.85. The summed E-state index contributed by atoms with van der Waals surface area (Å²) in [5.41, 5.74) is 5.73. The minimum atomic E-state index is 0.570. The summed E-state index contributed by atoms with van der Waals surface area (Å²) in [6.45, 7) is 3.43. The molecule has 0 radical (unpaired) electrons. The van der Waals surface area contributed by atoms with E-state index in [1.54, 1.807) is 0 Å². The van der Waals surface area contributed by atoms with Gasteiger partial charge < -0.3 is 0 Å². The summed E-state index contributed by atoms with van der Waals surface area (Å²) in [5.74, 6) is 3.27. The van der Waals surface area contributed by atoms with Gasteiger partial charge in [0.05, 0.1) is 20.6 Å². The van der Waals surface area contributed by atoms with Crippen molar-refractivity contribution in [3.8, 4) is 12.3 Å². The maximum atomic E-state index is 5.73. The molecule has 0 rings (SSSR count). The molecule has 3 heteroatoms. The topological polar surface area (TPSA) is 32.3 Å². The predicted octanol–water partition coefficient (Wildman–Crippen LogP) is -0.472. The fraction of sp³-hybridized carbons (Fsp3) is 0.625. The van der Waals surface area contributed by atoms with Crippen LogP contribution in [0.15, 0.2) is 0 Å². The number of nitrogens with two attached hydrogens (primary N) is 1. The number of nitrogens with zero attached hydrogens (tertiary/aromatic N) is 2. The smallest absolute Gasteiger partial charge is 0.291 e. The van der Waals surface area contributed by atoms with E-state index >= 15 is 0 Å². The van der Waals surface area contributed by atoms with E-state index in [1.165, 1.54) is 0 Å². The van der Waals surface area contributed by atoms with Crippen molar-refractivity contribution in [1.82, 2.24) is 4.90 Å².